The second kappa shape index (κ2) is 12.3. The fourth-order valence-electron chi connectivity index (χ4n) is 4.59. The lowest BCUT2D eigenvalue weighted by Crippen LogP contribution is -2.47. The summed E-state index contributed by atoms with van der Waals surface area (Å²) in [5, 5.41) is 10.2. The lowest BCUT2D eigenvalue weighted by molar-refractivity contribution is -0.162. The monoisotopic (exact) mass is 408 g/mol. The van der Waals surface area contributed by atoms with Crippen LogP contribution in [0.2, 0.25) is 0 Å². The van der Waals surface area contributed by atoms with Gasteiger partial charge in [0.25, 0.3) is 0 Å². The van der Waals surface area contributed by atoms with E-state index in [0.717, 1.165) is 32.1 Å². The molecule has 1 rings (SSSR count). The van der Waals surface area contributed by atoms with Gasteiger partial charge in [0.2, 0.25) is 0 Å². The van der Waals surface area contributed by atoms with Crippen LogP contribution in [0.15, 0.2) is 12.2 Å². The molecule has 0 unspecified atom stereocenters. The van der Waals surface area contributed by atoms with Crippen molar-refractivity contribution in [3.63, 3.8) is 0 Å². The molecule has 0 aromatic heterocycles. The molecular weight excluding hydrogens is 368 g/mol. The van der Waals surface area contributed by atoms with Gasteiger partial charge >= 0.3 is 5.97 Å². The molecule has 0 aromatic rings. The number of aliphatic carboxylic acids is 1. The molecular formula is C24H40O5. The number of carbonyl (C=O) groups excluding carboxylic acids is 2. The maximum absolute atomic E-state index is 13.2. The number of hydrogen-bond acceptors (Lipinski definition) is 4. The zero-order valence-electron chi connectivity index (χ0n) is 18.8. The molecule has 1 aliphatic rings. The third-order valence-electron chi connectivity index (χ3n) is 6.25. The first-order chi connectivity index (χ1) is 13.7. The maximum atomic E-state index is 13.2. The standard InChI is InChI=1S/C24H40O5/c1-5-6-15-23(2,3)17-20(25)18-24(22(27)28,19-12-9-10-13-19)21(26)14-8-7-11-16-29-4/h7-8,19H,5-6,9-18H2,1-4H3,(H,27,28)/t24-/m0/s1. The predicted molar refractivity (Wildman–Crippen MR) is 115 cm³/mol. The molecule has 0 spiro atoms. The van der Waals surface area contributed by atoms with E-state index in [0.29, 0.717) is 32.3 Å². The molecule has 0 aliphatic heterocycles. The largest absolute Gasteiger partial charge is 0.480 e. The van der Waals surface area contributed by atoms with E-state index < -0.39 is 11.4 Å². The van der Waals surface area contributed by atoms with Crippen LogP contribution in [0.25, 0.3) is 0 Å². The summed E-state index contributed by atoms with van der Waals surface area (Å²) in [5.41, 5.74) is -1.75. The summed E-state index contributed by atoms with van der Waals surface area (Å²) in [4.78, 5) is 38.6. The van der Waals surface area contributed by atoms with Gasteiger partial charge in [0.1, 0.15) is 11.2 Å². The quantitative estimate of drug-likeness (QED) is 0.224. The van der Waals surface area contributed by atoms with Crippen LogP contribution in [0.5, 0.6) is 0 Å². The smallest absolute Gasteiger partial charge is 0.317 e. The number of carbonyl (C=O) groups is 3. The van der Waals surface area contributed by atoms with Crippen molar-refractivity contribution in [3.05, 3.63) is 12.2 Å². The number of carboxylic acids is 1. The second-order valence-electron chi connectivity index (χ2n) is 9.30. The molecule has 0 bridgehead atoms. The van der Waals surface area contributed by atoms with Gasteiger partial charge < -0.3 is 9.84 Å². The summed E-state index contributed by atoms with van der Waals surface area (Å²) < 4.78 is 4.99. The van der Waals surface area contributed by atoms with Gasteiger partial charge in [-0.1, -0.05) is 58.6 Å². The Bertz CT molecular complexity index is 572. The van der Waals surface area contributed by atoms with Crippen LogP contribution in [0, 0.1) is 16.7 Å². The summed E-state index contributed by atoms with van der Waals surface area (Å²) in [7, 11) is 1.61. The SMILES string of the molecule is CCCCC(C)(C)CC(=O)C[C@@](C(=O)O)(C(=O)CC=CCCOC)C1CCCC1. The molecule has 5 nitrogen and oxygen atoms in total. The van der Waals surface area contributed by atoms with Crippen molar-refractivity contribution >= 4 is 17.5 Å². The zero-order chi connectivity index (χ0) is 21.9. The zero-order valence-corrected chi connectivity index (χ0v) is 18.8. The number of rotatable bonds is 15. The van der Waals surface area contributed by atoms with E-state index in [2.05, 4.69) is 20.8 Å². The minimum Gasteiger partial charge on any atom is -0.480 e. The van der Waals surface area contributed by atoms with E-state index in [1.165, 1.54) is 0 Å². The molecule has 1 atom stereocenters. The number of methoxy groups -OCH3 is 1. The van der Waals surface area contributed by atoms with Crippen LogP contribution in [0.3, 0.4) is 0 Å². The average molecular weight is 409 g/mol. The number of carboxylic acid groups (broad SMARTS) is 1. The van der Waals surface area contributed by atoms with Gasteiger partial charge in [-0.25, -0.2) is 0 Å². The van der Waals surface area contributed by atoms with Crippen molar-refractivity contribution in [1.29, 1.82) is 0 Å². The van der Waals surface area contributed by atoms with E-state index >= 15 is 0 Å². The molecule has 0 saturated heterocycles. The molecule has 1 N–H and O–H groups in total. The summed E-state index contributed by atoms with van der Waals surface area (Å²) in [6.45, 7) is 6.78. The Labute approximate surface area is 176 Å². The summed E-state index contributed by atoms with van der Waals surface area (Å²) in [5.74, 6) is -1.80. The molecule has 0 heterocycles. The van der Waals surface area contributed by atoms with Crippen molar-refractivity contribution in [1.82, 2.24) is 0 Å². The summed E-state index contributed by atoms with van der Waals surface area (Å²) >= 11 is 0. The van der Waals surface area contributed by atoms with Crippen LogP contribution in [0.4, 0.5) is 0 Å². The van der Waals surface area contributed by atoms with Crippen molar-refractivity contribution < 1.29 is 24.2 Å². The van der Waals surface area contributed by atoms with Gasteiger partial charge in [0, 0.05) is 33.0 Å². The molecule has 166 valence electrons. The Morgan fingerprint density at radius 1 is 1.10 bits per heavy atom. The third-order valence-corrected chi connectivity index (χ3v) is 6.25. The number of unbranched alkanes of at least 4 members (excludes halogenated alkanes) is 1. The minimum absolute atomic E-state index is 0.0546. The van der Waals surface area contributed by atoms with Crippen molar-refractivity contribution in [2.45, 2.75) is 91.4 Å². The highest BCUT2D eigenvalue weighted by molar-refractivity contribution is 6.07. The minimum atomic E-state index is -1.58. The highest BCUT2D eigenvalue weighted by Crippen LogP contribution is 2.45. The molecule has 0 radical (unpaired) electrons. The lowest BCUT2D eigenvalue weighted by Gasteiger charge is -2.34. The van der Waals surface area contributed by atoms with Gasteiger partial charge in [0.15, 0.2) is 5.78 Å². The van der Waals surface area contributed by atoms with Gasteiger partial charge in [0.05, 0.1) is 0 Å². The Morgan fingerprint density at radius 2 is 1.76 bits per heavy atom. The van der Waals surface area contributed by atoms with Crippen molar-refractivity contribution in [2.75, 3.05) is 13.7 Å². The number of hydrogen-bond donors (Lipinski definition) is 1. The number of ether oxygens (including phenoxy) is 1. The van der Waals surface area contributed by atoms with E-state index in [1.54, 1.807) is 13.2 Å². The average Bonchev–Trinajstić information content (AvgIpc) is 3.18. The summed E-state index contributed by atoms with van der Waals surface area (Å²) in [6, 6.07) is 0. The second-order valence-corrected chi connectivity index (χ2v) is 9.30. The predicted octanol–water partition coefficient (Wildman–Crippen LogP) is 5.37. The highest BCUT2D eigenvalue weighted by Gasteiger charge is 2.53. The topological polar surface area (TPSA) is 80.7 Å². The van der Waals surface area contributed by atoms with Gasteiger partial charge in [-0.05, 0) is 37.0 Å². The van der Waals surface area contributed by atoms with Crippen LogP contribution in [-0.2, 0) is 19.1 Å². The molecule has 1 aliphatic carbocycles. The number of ketones is 2. The molecule has 0 aromatic carbocycles. The highest BCUT2D eigenvalue weighted by atomic mass is 16.5. The van der Waals surface area contributed by atoms with Crippen LogP contribution in [0.1, 0.15) is 91.4 Å². The summed E-state index contributed by atoms with van der Waals surface area (Å²) in [6.07, 6.45) is 10.7. The van der Waals surface area contributed by atoms with Crippen LogP contribution in [-0.4, -0.2) is 36.4 Å². The van der Waals surface area contributed by atoms with E-state index in [9.17, 15) is 19.5 Å². The fraction of sp³-hybridized carbons (Fsp3) is 0.792. The Hall–Kier alpha value is -1.49. The first-order valence-corrected chi connectivity index (χ1v) is 11.1. The number of Topliss-reactive ketones (excluding diaryl/α,β-unsaturated/α-hetero) is 2. The molecule has 29 heavy (non-hydrogen) atoms. The van der Waals surface area contributed by atoms with E-state index in [1.807, 2.05) is 6.08 Å². The van der Waals surface area contributed by atoms with Crippen LogP contribution >= 0.6 is 0 Å². The van der Waals surface area contributed by atoms with Gasteiger partial charge in [-0.15, -0.1) is 0 Å². The lowest BCUT2D eigenvalue weighted by atomic mass is 9.66. The Balaban J connectivity index is 3.00. The van der Waals surface area contributed by atoms with Crippen LogP contribution < -0.4 is 0 Å². The molecule has 0 amide bonds. The van der Waals surface area contributed by atoms with Crippen molar-refractivity contribution in [2.24, 2.45) is 16.7 Å². The fourth-order valence-corrected chi connectivity index (χ4v) is 4.59. The third kappa shape index (κ3) is 7.69. The van der Waals surface area contributed by atoms with E-state index in [4.69, 9.17) is 4.74 Å². The van der Waals surface area contributed by atoms with Crippen molar-refractivity contribution in [3.8, 4) is 0 Å². The molecule has 5 heteroatoms. The first-order valence-electron chi connectivity index (χ1n) is 11.1. The molecule has 1 saturated carbocycles. The molecule has 1 fully saturated rings. The Kier molecular flexibility index (Phi) is 10.8. The Morgan fingerprint density at radius 3 is 2.31 bits per heavy atom. The number of allylic oxidation sites excluding steroid dienone is 1. The normalized spacial score (nSPS) is 17.5. The maximum Gasteiger partial charge on any atom is 0.317 e. The van der Waals surface area contributed by atoms with E-state index in [-0.39, 0.29) is 35.7 Å². The van der Waals surface area contributed by atoms with Gasteiger partial charge in [-0.3, -0.25) is 14.4 Å². The first kappa shape index (κ1) is 25.5. The van der Waals surface area contributed by atoms with Gasteiger partial charge in [-0.2, -0.15) is 0 Å².